The van der Waals surface area contributed by atoms with Gasteiger partial charge >= 0.3 is 5.97 Å². The van der Waals surface area contributed by atoms with Crippen LogP contribution in [0.3, 0.4) is 0 Å². The average molecular weight is 255 g/mol. The molecule has 4 heteroatoms. The molecule has 2 fully saturated rings. The van der Waals surface area contributed by atoms with Crippen molar-refractivity contribution >= 4 is 5.97 Å². The van der Waals surface area contributed by atoms with E-state index in [1.54, 1.807) is 0 Å². The van der Waals surface area contributed by atoms with Crippen LogP contribution >= 0.6 is 0 Å². The van der Waals surface area contributed by atoms with Gasteiger partial charge in [0.15, 0.2) is 0 Å². The number of carbonyl (C=O) groups is 1. The van der Waals surface area contributed by atoms with Crippen LogP contribution in [-0.4, -0.2) is 48.3 Å². The summed E-state index contributed by atoms with van der Waals surface area (Å²) in [5.41, 5.74) is -0.394. The highest BCUT2D eigenvalue weighted by Crippen LogP contribution is 2.26. The Labute approximate surface area is 110 Å². The molecule has 0 radical (unpaired) electrons. The first-order valence-electron chi connectivity index (χ1n) is 7.04. The Hall–Kier alpha value is -0.610. The molecule has 2 aliphatic heterocycles. The van der Waals surface area contributed by atoms with E-state index in [0.29, 0.717) is 6.04 Å². The molecule has 1 unspecified atom stereocenters. The van der Waals surface area contributed by atoms with E-state index >= 15 is 0 Å². The molecule has 4 nitrogen and oxygen atoms in total. The van der Waals surface area contributed by atoms with Crippen LogP contribution in [0.5, 0.6) is 0 Å². The predicted molar refractivity (Wildman–Crippen MR) is 69.4 cm³/mol. The molecule has 0 spiro atoms. The van der Waals surface area contributed by atoms with E-state index in [1.807, 2.05) is 20.8 Å². The Bertz CT molecular complexity index is 292. The van der Waals surface area contributed by atoms with E-state index < -0.39 is 5.60 Å². The summed E-state index contributed by atoms with van der Waals surface area (Å²) in [4.78, 5) is 14.5. The van der Waals surface area contributed by atoms with Crippen molar-refractivity contribution in [3.63, 3.8) is 0 Å². The molecule has 0 aromatic carbocycles. The van der Waals surface area contributed by atoms with Crippen LogP contribution in [0.25, 0.3) is 0 Å². The molecule has 0 N–H and O–H groups in total. The number of hydrogen-bond acceptors (Lipinski definition) is 4. The lowest BCUT2D eigenvalue weighted by Gasteiger charge is -2.35. The zero-order valence-corrected chi connectivity index (χ0v) is 11.8. The third kappa shape index (κ3) is 3.45. The number of likely N-dealkylation sites (tertiary alicyclic amines) is 1. The Kier molecular flexibility index (Phi) is 4.28. The predicted octanol–water partition coefficient (Wildman–Crippen LogP) is 1.97. The van der Waals surface area contributed by atoms with Gasteiger partial charge in [-0.2, -0.15) is 0 Å². The van der Waals surface area contributed by atoms with Gasteiger partial charge in [-0.15, -0.1) is 0 Å². The van der Waals surface area contributed by atoms with Gasteiger partial charge in [0, 0.05) is 12.6 Å². The summed E-state index contributed by atoms with van der Waals surface area (Å²) in [5, 5.41) is 0. The molecule has 18 heavy (non-hydrogen) atoms. The zero-order valence-electron chi connectivity index (χ0n) is 11.8. The Balaban J connectivity index is 1.96. The van der Waals surface area contributed by atoms with Gasteiger partial charge in [-0.05, 0) is 53.0 Å². The summed E-state index contributed by atoms with van der Waals surface area (Å²) in [6.45, 7) is 8.40. The summed E-state index contributed by atoms with van der Waals surface area (Å²) >= 11 is 0. The smallest absolute Gasteiger partial charge is 0.323 e. The van der Waals surface area contributed by atoms with Crippen molar-refractivity contribution < 1.29 is 14.3 Å². The van der Waals surface area contributed by atoms with Crippen LogP contribution in [0, 0.1) is 0 Å². The van der Waals surface area contributed by atoms with E-state index in [-0.39, 0.29) is 12.0 Å². The van der Waals surface area contributed by atoms with Gasteiger partial charge in [-0.25, -0.2) is 0 Å². The molecule has 2 atom stereocenters. The molecule has 104 valence electrons. The number of hydrogen-bond donors (Lipinski definition) is 0. The maximum Gasteiger partial charge on any atom is 0.323 e. The lowest BCUT2D eigenvalue weighted by atomic mass is 10.1. The van der Waals surface area contributed by atoms with Crippen molar-refractivity contribution in [2.75, 3.05) is 19.8 Å². The SMILES string of the molecule is CC(C)(C)OC(=O)[C@H]1CCCN1C1CCCOC1. The Morgan fingerprint density at radius 3 is 2.67 bits per heavy atom. The molecule has 0 bridgehead atoms. The number of esters is 1. The fraction of sp³-hybridized carbons (Fsp3) is 0.929. The van der Waals surface area contributed by atoms with E-state index in [1.165, 1.54) is 0 Å². The van der Waals surface area contributed by atoms with E-state index in [0.717, 1.165) is 45.4 Å². The quantitative estimate of drug-likeness (QED) is 0.707. The van der Waals surface area contributed by atoms with Gasteiger partial charge in [0.25, 0.3) is 0 Å². The van der Waals surface area contributed by atoms with Gasteiger partial charge < -0.3 is 9.47 Å². The van der Waals surface area contributed by atoms with Gasteiger partial charge in [0.2, 0.25) is 0 Å². The highest BCUT2D eigenvalue weighted by atomic mass is 16.6. The van der Waals surface area contributed by atoms with Crippen molar-refractivity contribution in [2.24, 2.45) is 0 Å². The van der Waals surface area contributed by atoms with Gasteiger partial charge in [-0.3, -0.25) is 9.69 Å². The van der Waals surface area contributed by atoms with Gasteiger partial charge in [0.05, 0.1) is 6.61 Å². The third-order valence-electron chi connectivity index (χ3n) is 3.58. The lowest BCUT2D eigenvalue weighted by Crippen LogP contribution is -2.48. The van der Waals surface area contributed by atoms with Gasteiger partial charge in [-0.1, -0.05) is 0 Å². The van der Waals surface area contributed by atoms with Crippen LogP contribution in [-0.2, 0) is 14.3 Å². The highest BCUT2D eigenvalue weighted by molar-refractivity contribution is 5.76. The van der Waals surface area contributed by atoms with Crippen LogP contribution < -0.4 is 0 Å². The molecule has 2 aliphatic rings. The molecule has 2 rings (SSSR count). The molecule has 0 aromatic heterocycles. The molecular formula is C14H25NO3. The van der Waals surface area contributed by atoms with Crippen LogP contribution in [0.1, 0.15) is 46.5 Å². The maximum absolute atomic E-state index is 12.2. The number of nitrogens with zero attached hydrogens (tertiary/aromatic N) is 1. The molecule has 0 amide bonds. The Morgan fingerprint density at radius 1 is 1.28 bits per heavy atom. The van der Waals surface area contributed by atoms with Crippen LogP contribution in [0.4, 0.5) is 0 Å². The van der Waals surface area contributed by atoms with E-state index in [2.05, 4.69) is 4.90 Å². The van der Waals surface area contributed by atoms with E-state index in [4.69, 9.17) is 9.47 Å². The molecule has 2 heterocycles. The summed E-state index contributed by atoms with van der Waals surface area (Å²) in [7, 11) is 0. The minimum absolute atomic E-state index is 0.0593. The van der Waals surface area contributed by atoms with Crippen molar-refractivity contribution in [2.45, 2.75) is 64.1 Å². The molecule has 0 aromatic rings. The summed E-state index contributed by atoms with van der Waals surface area (Å²) in [6.07, 6.45) is 4.24. The zero-order chi connectivity index (χ0) is 13.2. The molecular weight excluding hydrogens is 230 g/mol. The second-order valence-electron chi connectivity index (χ2n) is 6.30. The lowest BCUT2D eigenvalue weighted by molar-refractivity contribution is -0.162. The average Bonchev–Trinajstić information content (AvgIpc) is 2.76. The van der Waals surface area contributed by atoms with Crippen molar-refractivity contribution in [3.05, 3.63) is 0 Å². The second kappa shape index (κ2) is 5.57. The summed E-state index contributed by atoms with van der Waals surface area (Å²) in [6, 6.07) is 0.342. The van der Waals surface area contributed by atoms with Crippen molar-refractivity contribution in [1.82, 2.24) is 4.90 Å². The Morgan fingerprint density at radius 2 is 2.06 bits per heavy atom. The minimum Gasteiger partial charge on any atom is -0.459 e. The molecule has 0 aliphatic carbocycles. The fourth-order valence-electron chi connectivity index (χ4n) is 2.83. The second-order valence-corrected chi connectivity index (χ2v) is 6.30. The fourth-order valence-corrected chi connectivity index (χ4v) is 2.83. The van der Waals surface area contributed by atoms with Crippen molar-refractivity contribution in [3.8, 4) is 0 Å². The summed E-state index contributed by atoms with van der Waals surface area (Å²) < 4.78 is 11.1. The monoisotopic (exact) mass is 255 g/mol. The topological polar surface area (TPSA) is 38.8 Å². The standard InChI is InChI=1S/C14H25NO3/c1-14(2,3)18-13(16)12-7-4-8-15(12)11-6-5-9-17-10-11/h11-12H,4-10H2,1-3H3/t11?,12-/m1/s1. The molecule has 0 saturated carbocycles. The first-order chi connectivity index (χ1) is 8.47. The van der Waals surface area contributed by atoms with Crippen LogP contribution in [0.15, 0.2) is 0 Å². The van der Waals surface area contributed by atoms with Crippen molar-refractivity contribution in [1.29, 1.82) is 0 Å². The molecule has 2 saturated heterocycles. The van der Waals surface area contributed by atoms with E-state index in [9.17, 15) is 4.79 Å². The first kappa shape index (κ1) is 13.8. The minimum atomic E-state index is -0.394. The third-order valence-corrected chi connectivity index (χ3v) is 3.58. The first-order valence-corrected chi connectivity index (χ1v) is 7.04. The largest absolute Gasteiger partial charge is 0.459 e. The highest BCUT2D eigenvalue weighted by Gasteiger charge is 2.38. The maximum atomic E-state index is 12.2. The number of carbonyl (C=O) groups excluding carboxylic acids is 1. The number of rotatable bonds is 2. The number of ether oxygens (including phenoxy) is 2. The van der Waals surface area contributed by atoms with Crippen LogP contribution in [0.2, 0.25) is 0 Å². The summed E-state index contributed by atoms with van der Waals surface area (Å²) in [5.74, 6) is -0.0643. The van der Waals surface area contributed by atoms with Gasteiger partial charge in [0.1, 0.15) is 11.6 Å². The normalized spacial score (nSPS) is 30.4.